The molecule has 0 saturated carbocycles. The van der Waals surface area contributed by atoms with Gasteiger partial charge >= 0.3 is 0 Å². The van der Waals surface area contributed by atoms with Crippen molar-refractivity contribution < 1.29 is 4.79 Å². The van der Waals surface area contributed by atoms with E-state index in [1.165, 1.54) is 45.2 Å². The standard InChI is InChI=1S/C19H32N4O/c1-14(2)11-16-12-17(21-20-16)19(24)22(3)13-15-7-6-10-23-9-5-4-8-18(15)23/h12,14-15,18H,4-11,13H2,1-3H3,(H,20,21)/t15-,18+/m1/s1. The maximum Gasteiger partial charge on any atom is 0.274 e. The molecule has 1 aromatic heterocycles. The highest BCUT2D eigenvalue weighted by Gasteiger charge is 2.34. The molecule has 5 nitrogen and oxygen atoms in total. The van der Waals surface area contributed by atoms with E-state index in [2.05, 4.69) is 28.9 Å². The molecule has 2 aliphatic rings. The molecule has 0 radical (unpaired) electrons. The molecule has 0 unspecified atom stereocenters. The number of carbonyl (C=O) groups excluding carboxylic acids is 1. The highest BCUT2D eigenvalue weighted by Crippen LogP contribution is 2.31. The molecule has 0 aromatic carbocycles. The first-order chi connectivity index (χ1) is 11.5. The Morgan fingerprint density at radius 1 is 1.33 bits per heavy atom. The molecule has 2 atom stereocenters. The van der Waals surface area contributed by atoms with E-state index in [4.69, 9.17) is 0 Å². The van der Waals surface area contributed by atoms with Crippen molar-refractivity contribution in [3.8, 4) is 0 Å². The Morgan fingerprint density at radius 2 is 2.12 bits per heavy atom. The van der Waals surface area contributed by atoms with E-state index in [-0.39, 0.29) is 5.91 Å². The Labute approximate surface area is 145 Å². The molecular formula is C19H32N4O. The summed E-state index contributed by atoms with van der Waals surface area (Å²) in [5, 5.41) is 7.25. The average molecular weight is 332 g/mol. The van der Waals surface area contributed by atoms with Crippen LogP contribution in [0.3, 0.4) is 0 Å². The van der Waals surface area contributed by atoms with Gasteiger partial charge in [0.25, 0.3) is 5.91 Å². The van der Waals surface area contributed by atoms with E-state index in [0.717, 1.165) is 18.7 Å². The Morgan fingerprint density at radius 3 is 2.92 bits per heavy atom. The molecule has 0 bridgehead atoms. The Balaban J connectivity index is 1.60. The second-order valence-corrected chi connectivity index (χ2v) is 8.06. The highest BCUT2D eigenvalue weighted by atomic mass is 16.2. The van der Waals surface area contributed by atoms with Crippen molar-refractivity contribution in [3.05, 3.63) is 17.5 Å². The van der Waals surface area contributed by atoms with Gasteiger partial charge in [0.2, 0.25) is 0 Å². The van der Waals surface area contributed by atoms with Crippen LogP contribution in [0, 0.1) is 11.8 Å². The van der Waals surface area contributed by atoms with Crippen LogP contribution in [-0.2, 0) is 6.42 Å². The smallest absolute Gasteiger partial charge is 0.274 e. The predicted octanol–water partition coefficient (Wildman–Crippen LogP) is 2.94. The number of piperidine rings is 2. The van der Waals surface area contributed by atoms with E-state index in [9.17, 15) is 4.79 Å². The van der Waals surface area contributed by atoms with Crippen LogP contribution in [-0.4, -0.2) is 58.6 Å². The topological polar surface area (TPSA) is 52.2 Å². The Bertz CT molecular complexity index is 551. The molecule has 1 N–H and O–H groups in total. The van der Waals surface area contributed by atoms with Crippen molar-refractivity contribution in [2.45, 2.75) is 58.4 Å². The molecular weight excluding hydrogens is 300 g/mol. The van der Waals surface area contributed by atoms with Gasteiger partial charge in [0, 0.05) is 25.3 Å². The van der Waals surface area contributed by atoms with Gasteiger partial charge in [-0.2, -0.15) is 5.10 Å². The fraction of sp³-hybridized carbons (Fsp3) is 0.789. The zero-order valence-corrected chi connectivity index (χ0v) is 15.4. The third kappa shape index (κ3) is 4.00. The number of nitrogens with one attached hydrogen (secondary N) is 1. The van der Waals surface area contributed by atoms with Gasteiger partial charge in [-0.3, -0.25) is 9.89 Å². The van der Waals surface area contributed by atoms with Crippen LogP contribution in [0.1, 0.15) is 62.1 Å². The number of aromatic nitrogens is 2. The number of carbonyl (C=O) groups is 1. The minimum Gasteiger partial charge on any atom is -0.340 e. The lowest BCUT2D eigenvalue weighted by Gasteiger charge is -2.45. The van der Waals surface area contributed by atoms with Crippen molar-refractivity contribution in [1.82, 2.24) is 20.0 Å². The molecule has 3 heterocycles. The van der Waals surface area contributed by atoms with Gasteiger partial charge in [0.05, 0.1) is 0 Å². The first kappa shape index (κ1) is 17.5. The lowest BCUT2D eigenvalue weighted by molar-refractivity contribution is 0.0401. The van der Waals surface area contributed by atoms with Crippen LogP contribution >= 0.6 is 0 Å². The SMILES string of the molecule is CC(C)Cc1cc(C(=O)N(C)C[C@H]2CCCN3CCCC[C@@H]23)n[nH]1. The van der Waals surface area contributed by atoms with Crippen molar-refractivity contribution in [2.75, 3.05) is 26.7 Å². The number of nitrogens with zero attached hydrogens (tertiary/aromatic N) is 3. The summed E-state index contributed by atoms with van der Waals surface area (Å²) >= 11 is 0. The zero-order valence-electron chi connectivity index (χ0n) is 15.4. The van der Waals surface area contributed by atoms with Crippen LogP contribution in [0.25, 0.3) is 0 Å². The summed E-state index contributed by atoms with van der Waals surface area (Å²) < 4.78 is 0. The van der Waals surface area contributed by atoms with E-state index in [0.29, 0.717) is 23.6 Å². The summed E-state index contributed by atoms with van der Waals surface area (Å²) in [6.07, 6.45) is 7.43. The minimum absolute atomic E-state index is 0.0502. The van der Waals surface area contributed by atoms with Crippen molar-refractivity contribution >= 4 is 5.91 Å². The Hall–Kier alpha value is -1.36. The molecule has 5 heteroatoms. The summed E-state index contributed by atoms with van der Waals surface area (Å²) in [4.78, 5) is 17.3. The highest BCUT2D eigenvalue weighted by molar-refractivity contribution is 5.92. The number of H-pyrrole nitrogens is 1. The van der Waals surface area contributed by atoms with Crippen molar-refractivity contribution in [3.63, 3.8) is 0 Å². The van der Waals surface area contributed by atoms with Crippen molar-refractivity contribution in [1.29, 1.82) is 0 Å². The number of fused-ring (bicyclic) bond motifs is 1. The third-order valence-corrected chi connectivity index (χ3v) is 5.56. The minimum atomic E-state index is 0.0502. The molecule has 0 aliphatic carbocycles. The quantitative estimate of drug-likeness (QED) is 0.902. The third-order valence-electron chi connectivity index (χ3n) is 5.56. The van der Waals surface area contributed by atoms with E-state index in [1.54, 1.807) is 0 Å². The van der Waals surface area contributed by atoms with Gasteiger partial charge in [-0.15, -0.1) is 0 Å². The van der Waals surface area contributed by atoms with E-state index < -0.39 is 0 Å². The second kappa shape index (κ2) is 7.68. The monoisotopic (exact) mass is 332 g/mol. The van der Waals surface area contributed by atoms with Crippen LogP contribution in [0.5, 0.6) is 0 Å². The molecule has 1 amide bonds. The van der Waals surface area contributed by atoms with E-state index >= 15 is 0 Å². The Kier molecular flexibility index (Phi) is 5.59. The fourth-order valence-electron chi connectivity index (χ4n) is 4.44. The van der Waals surface area contributed by atoms with Gasteiger partial charge in [-0.1, -0.05) is 20.3 Å². The number of hydrogen-bond acceptors (Lipinski definition) is 3. The predicted molar refractivity (Wildman–Crippen MR) is 96.0 cm³/mol. The second-order valence-electron chi connectivity index (χ2n) is 8.06. The average Bonchev–Trinajstić information content (AvgIpc) is 3.02. The fourth-order valence-corrected chi connectivity index (χ4v) is 4.44. The molecule has 2 saturated heterocycles. The maximum atomic E-state index is 12.7. The van der Waals surface area contributed by atoms with Crippen LogP contribution < -0.4 is 0 Å². The number of hydrogen-bond donors (Lipinski definition) is 1. The lowest BCUT2D eigenvalue weighted by Crippen LogP contribution is -2.51. The van der Waals surface area contributed by atoms with Crippen LogP contribution in [0.4, 0.5) is 0 Å². The van der Waals surface area contributed by atoms with Gasteiger partial charge in [-0.25, -0.2) is 0 Å². The molecule has 2 fully saturated rings. The van der Waals surface area contributed by atoms with Crippen LogP contribution in [0.15, 0.2) is 6.07 Å². The van der Waals surface area contributed by atoms with Crippen molar-refractivity contribution in [2.24, 2.45) is 11.8 Å². The van der Waals surface area contributed by atoms with Gasteiger partial charge in [-0.05, 0) is 63.1 Å². The molecule has 24 heavy (non-hydrogen) atoms. The normalized spacial score (nSPS) is 24.8. The van der Waals surface area contributed by atoms with Gasteiger partial charge in [0.1, 0.15) is 5.69 Å². The molecule has 0 spiro atoms. The largest absolute Gasteiger partial charge is 0.340 e. The molecule has 1 aromatic rings. The lowest BCUT2D eigenvalue weighted by atomic mass is 9.83. The van der Waals surface area contributed by atoms with Gasteiger partial charge in [0.15, 0.2) is 0 Å². The summed E-state index contributed by atoms with van der Waals surface area (Å²) in [5.41, 5.74) is 1.61. The molecule has 2 aliphatic heterocycles. The summed E-state index contributed by atoms with van der Waals surface area (Å²) in [6, 6.07) is 2.60. The van der Waals surface area contributed by atoms with Crippen LogP contribution in [0.2, 0.25) is 0 Å². The number of rotatable bonds is 5. The molecule has 3 rings (SSSR count). The van der Waals surface area contributed by atoms with Gasteiger partial charge < -0.3 is 9.80 Å². The summed E-state index contributed by atoms with van der Waals surface area (Å²) in [5.74, 6) is 1.22. The summed E-state index contributed by atoms with van der Waals surface area (Å²) in [7, 11) is 1.93. The first-order valence-corrected chi connectivity index (χ1v) is 9.58. The number of amides is 1. The molecule has 134 valence electrons. The first-order valence-electron chi connectivity index (χ1n) is 9.58. The summed E-state index contributed by atoms with van der Waals surface area (Å²) in [6.45, 7) is 7.70. The van der Waals surface area contributed by atoms with E-state index in [1.807, 2.05) is 18.0 Å². The zero-order chi connectivity index (χ0) is 17.1. The maximum absolute atomic E-state index is 12.7. The number of aromatic amines is 1.